The van der Waals surface area contributed by atoms with E-state index in [1.807, 2.05) is 6.92 Å². The highest BCUT2D eigenvalue weighted by atomic mass is 32.2. The lowest BCUT2D eigenvalue weighted by Gasteiger charge is -2.21. The highest BCUT2D eigenvalue weighted by molar-refractivity contribution is 7.89. The summed E-state index contributed by atoms with van der Waals surface area (Å²) < 4.78 is 36.6. The first-order chi connectivity index (χ1) is 13.2. The van der Waals surface area contributed by atoms with E-state index in [2.05, 4.69) is 5.32 Å². The molecule has 1 unspecified atom stereocenters. The van der Waals surface area contributed by atoms with Crippen LogP contribution in [0.25, 0.3) is 0 Å². The van der Waals surface area contributed by atoms with Gasteiger partial charge in [0.25, 0.3) is 5.91 Å². The lowest BCUT2D eigenvalue weighted by Crippen LogP contribution is -3.13. The topological polar surface area (TPSA) is 93.7 Å². The molecule has 2 aromatic rings. The molecule has 0 aliphatic heterocycles. The third-order valence-corrected chi connectivity index (χ3v) is 5.93. The molecule has 1 fully saturated rings. The average molecular weight is 407 g/mol. The van der Waals surface area contributed by atoms with Crippen LogP contribution in [0, 0.1) is 5.82 Å². The van der Waals surface area contributed by atoms with Crippen LogP contribution in [0.15, 0.2) is 53.4 Å². The van der Waals surface area contributed by atoms with Gasteiger partial charge in [0.05, 0.1) is 17.0 Å². The number of carbonyl (C=O) groups is 1. The number of halogens is 1. The predicted molar refractivity (Wildman–Crippen MR) is 103 cm³/mol. The molecule has 1 aliphatic rings. The van der Waals surface area contributed by atoms with Gasteiger partial charge in [-0.3, -0.25) is 4.79 Å². The molecule has 1 saturated carbocycles. The van der Waals surface area contributed by atoms with Crippen LogP contribution in [0.4, 0.5) is 4.39 Å². The molecule has 3 rings (SSSR count). The molecule has 4 N–H and O–H groups in total. The van der Waals surface area contributed by atoms with Gasteiger partial charge in [0.15, 0.2) is 6.54 Å². The van der Waals surface area contributed by atoms with Gasteiger partial charge in [0, 0.05) is 18.4 Å². The number of carbonyl (C=O) groups excluding carboxylic acids is 1. The maximum Gasteiger partial charge on any atom is 0.275 e. The van der Waals surface area contributed by atoms with E-state index in [1.165, 1.54) is 18.2 Å². The van der Waals surface area contributed by atoms with E-state index in [4.69, 9.17) is 5.14 Å². The number of hydrogen-bond donors (Lipinski definition) is 3. The second-order valence-electron chi connectivity index (χ2n) is 7.28. The first-order valence-electron chi connectivity index (χ1n) is 9.24. The van der Waals surface area contributed by atoms with E-state index in [0.717, 1.165) is 23.3 Å². The van der Waals surface area contributed by atoms with E-state index < -0.39 is 10.0 Å². The lowest BCUT2D eigenvalue weighted by atomic mass is 10.1. The molecule has 0 heterocycles. The molecule has 28 heavy (non-hydrogen) atoms. The smallest absolute Gasteiger partial charge is 0.275 e. The van der Waals surface area contributed by atoms with Crippen molar-refractivity contribution in [3.05, 3.63) is 65.5 Å². The van der Waals surface area contributed by atoms with Gasteiger partial charge >= 0.3 is 0 Å². The summed E-state index contributed by atoms with van der Waals surface area (Å²) in [6.07, 6.45) is 2.09. The molecule has 8 heteroatoms. The number of hydrogen-bond acceptors (Lipinski definition) is 3. The van der Waals surface area contributed by atoms with Gasteiger partial charge in [0.2, 0.25) is 10.0 Å². The van der Waals surface area contributed by atoms with Crippen LogP contribution in [0.5, 0.6) is 0 Å². The fraction of sp³-hybridized carbons (Fsp3) is 0.350. The van der Waals surface area contributed by atoms with Gasteiger partial charge in [-0.15, -0.1) is 0 Å². The van der Waals surface area contributed by atoms with Crippen LogP contribution in [0.3, 0.4) is 0 Å². The van der Waals surface area contributed by atoms with Crippen LogP contribution < -0.4 is 15.4 Å². The van der Waals surface area contributed by atoms with Crippen LogP contribution in [-0.4, -0.2) is 26.9 Å². The summed E-state index contributed by atoms with van der Waals surface area (Å²) in [6, 6.07) is 12.9. The number of benzene rings is 2. The average Bonchev–Trinajstić information content (AvgIpc) is 3.47. The number of nitrogens with two attached hydrogens (primary N) is 1. The van der Waals surface area contributed by atoms with Crippen LogP contribution in [0.1, 0.15) is 36.9 Å². The molecule has 150 valence electrons. The second kappa shape index (κ2) is 8.38. The quantitative estimate of drug-likeness (QED) is 0.608. The molecule has 0 aromatic heterocycles. The third-order valence-electron chi connectivity index (χ3n) is 5.00. The van der Waals surface area contributed by atoms with E-state index in [0.29, 0.717) is 18.2 Å². The molecular formula is C20H25FN3O3S+. The normalized spacial score (nSPS) is 16.4. The van der Waals surface area contributed by atoms with E-state index in [1.54, 1.807) is 30.3 Å². The minimum atomic E-state index is -3.74. The summed E-state index contributed by atoms with van der Waals surface area (Å²) >= 11 is 0. The first-order valence-corrected chi connectivity index (χ1v) is 10.8. The zero-order valence-electron chi connectivity index (χ0n) is 15.7. The molecule has 1 amide bonds. The van der Waals surface area contributed by atoms with Crippen molar-refractivity contribution in [1.29, 1.82) is 0 Å². The summed E-state index contributed by atoms with van der Waals surface area (Å²) in [5.74, 6) is -0.370. The van der Waals surface area contributed by atoms with Gasteiger partial charge < -0.3 is 10.2 Å². The monoisotopic (exact) mass is 406 g/mol. The summed E-state index contributed by atoms with van der Waals surface area (Å²) in [4.78, 5) is 13.6. The van der Waals surface area contributed by atoms with Crippen molar-refractivity contribution in [2.24, 2.45) is 5.14 Å². The SMILES string of the molecule is C[C@H](NC(=O)C[NH+](Cc1ccccc1F)C1CC1)c1ccc(S(N)(=O)=O)cc1. The molecular weight excluding hydrogens is 381 g/mol. The van der Waals surface area contributed by atoms with Gasteiger partial charge in [-0.2, -0.15) is 0 Å². The summed E-state index contributed by atoms with van der Waals surface area (Å²) in [5.41, 5.74) is 1.40. The largest absolute Gasteiger partial charge is 0.345 e. The maximum absolute atomic E-state index is 14.0. The second-order valence-corrected chi connectivity index (χ2v) is 8.84. The molecule has 2 atom stereocenters. The fourth-order valence-corrected chi connectivity index (χ4v) is 3.77. The highest BCUT2D eigenvalue weighted by Crippen LogP contribution is 2.17. The number of sulfonamides is 1. The lowest BCUT2D eigenvalue weighted by molar-refractivity contribution is -0.917. The molecule has 6 nitrogen and oxygen atoms in total. The van der Waals surface area contributed by atoms with E-state index in [9.17, 15) is 17.6 Å². The number of quaternary nitrogens is 1. The van der Waals surface area contributed by atoms with Crippen LogP contribution in [-0.2, 0) is 21.4 Å². The Morgan fingerprint density at radius 1 is 1.21 bits per heavy atom. The first kappa shape index (κ1) is 20.4. The Kier molecular flexibility index (Phi) is 6.12. The third kappa shape index (κ3) is 5.37. The van der Waals surface area contributed by atoms with Crippen molar-refractivity contribution in [3.8, 4) is 0 Å². The summed E-state index contributed by atoms with van der Waals surface area (Å²) in [5, 5.41) is 8.03. The predicted octanol–water partition coefficient (Wildman–Crippen LogP) is 0.898. The molecule has 0 bridgehead atoms. The van der Waals surface area contributed by atoms with Crippen LogP contribution >= 0.6 is 0 Å². The number of rotatable bonds is 8. The van der Waals surface area contributed by atoms with Crippen molar-refractivity contribution in [3.63, 3.8) is 0 Å². The zero-order chi connectivity index (χ0) is 20.3. The van der Waals surface area contributed by atoms with Crippen molar-refractivity contribution in [1.82, 2.24) is 5.32 Å². The van der Waals surface area contributed by atoms with Crippen molar-refractivity contribution < 1.29 is 22.5 Å². The number of amides is 1. The van der Waals surface area contributed by atoms with Crippen molar-refractivity contribution in [2.45, 2.75) is 43.3 Å². The Morgan fingerprint density at radius 3 is 2.43 bits per heavy atom. The fourth-order valence-electron chi connectivity index (χ4n) is 3.26. The number of primary sulfonamides is 1. The Labute approximate surface area is 164 Å². The molecule has 0 spiro atoms. The molecule has 2 aromatic carbocycles. The van der Waals surface area contributed by atoms with Gasteiger partial charge in [-0.1, -0.05) is 30.3 Å². The Bertz CT molecular complexity index is 943. The zero-order valence-corrected chi connectivity index (χ0v) is 16.5. The number of nitrogens with one attached hydrogen (secondary N) is 2. The Hall–Kier alpha value is -2.29. The summed E-state index contributed by atoms with van der Waals surface area (Å²) in [7, 11) is -3.74. The van der Waals surface area contributed by atoms with Crippen molar-refractivity contribution in [2.75, 3.05) is 6.54 Å². The minimum Gasteiger partial charge on any atom is -0.345 e. The minimum absolute atomic E-state index is 0.0315. The van der Waals surface area contributed by atoms with Gasteiger partial charge in [-0.25, -0.2) is 17.9 Å². The van der Waals surface area contributed by atoms with E-state index >= 15 is 0 Å². The molecule has 1 aliphatic carbocycles. The van der Waals surface area contributed by atoms with E-state index in [-0.39, 0.29) is 29.2 Å². The maximum atomic E-state index is 14.0. The standard InChI is InChI=1S/C20H24FN3O3S/c1-14(15-6-10-18(11-7-15)28(22,26)27)23-20(25)13-24(17-8-9-17)12-16-4-2-3-5-19(16)21/h2-7,10-11,14,17H,8-9,12-13H2,1H3,(H,23,25)(H2,22,26,27)/p+1/t14-/m0/s1. The Balaban J connectivity index is 1.60. The molecule has 0 radical (unpaired) electrons. The van der Waals surface area contributed by atoms with Gasteiger partial charge in [0.1, 0.15) is 12.4 Å². The summed E-state index contributed by atoms with van der Waals surface area (Å²) in [6.45, 7) is 2.57. The van der Waals surface area contributed by atoms with Crippen molar-refractivity contribution >= 4 is 15.9 Å². The highest BCUT2D eigenvalue weighted by Gasteiger charge is 2.35. The van der Waals surface area contributed by atoms with Gasteiger partial charge in [-0.05, 0) is 30.7 Å². The van der Waals surface area contributed by atoms with Crippen LogP contribution in [0.2, 0.25) is 0 Å². The Morgan fingerprint density at radius 2 is 1.86 bits per heavy atom. The molecule has 0 saturated heterocycles.